The number of carbonyl (C=O) groups excluding carboxylic acids is 1. The second-order valence-electron chi connectivity index (χ2n) is 5.17. The van der Waals surface area contributed by atoms with Gasteiger partial charge in [0.05, 0.1) is 11.7 Å². The fraction of sp³-hybridized carbons (Fsp3) is 0.375. The minimum absolute atomic E-state index is 0.0965. The van der Waals surface area contributed by atoms with Crippen LogP contribution in [0.4, 0.5) is 0 Å². The fourth-order valence-electron chi connectivity index (χ4n) is 2.01. The normalized spacial score (nSPS) is 12.0. The predicted octanol–water partition coefficient (Wildman–Crippen LogP) is 3.72. The highest BCUT2D eigenvalue weighted by atomic mass is 35.5. The lowest BCUT2D eigenvalue weighted by Gasteiger charge is -2.16. The molecule has 0 fully saturated rings. The third kappa shape index (κ3) is 3.80. The second kappa shape index (κ2) is 6.83. The summed E-state index contributed by atoms with van der Waals surface area (Å²) in [6, 6.07) is 7.11. The summed E-state index contributed by atoms with van der Waals surface area (Å²) < 4.78 is 12.7. The van der Waals surface area contributed by atoms with Gasteiger partial charge in [-0.2, -0.15) is 5.10 Å². The Hall–Kier alpha value is -2.01. The van der Waals surface area contributed by atoms with Gasteiger partial charge in [0, 0.05) is 17.5 Å². The number of aryl methyl sites for hydroxylation is 1. The third-order valence-corrected chi connectivity index (χ3v) is 3.51. The van der Waals surface area contributed by atoms with Crippen molar-refractivity contribution in [3.05, 3.63) is 40.5 Å². The van der Waals surface area contributed by atoms with Crippen molar-refractivity contribution in [3.63, 3.8) is 0 Å². The van der Waals surface area contributed by atoms with Crippen LogP contribution in [0, 0.1) is 13.8 Å². The number of carbonyl (C=O) groups is 1. The van der Waals surface area contributed by atoms with Crippen LogP contribution < -0.4 is 9.47 Å². The predicted molar refractivity (Wildman–Crippen MR) is 84.7 cm³/mol. The standard InChI is InChI=1S/C16H19ClN2O3/c1-10(9-21-15-7-5-6-14(17)8-15)19-16(22-13(4)20)11(2)12(3)18-19/h5-8,10H,9H2,1-4H3. The lowest BCUT2D eigenvalue weighted by atomic mass is 10.3. The number of aromatic nitrogens is 2. The first-order valence-electron chi connectivity index (χ1n) is 7.01. The number of hydrogen-bond acceptors (Lipinski definition) is 4. The first-order valence-corrected chi connectivity index (χ1v) is 7.38. The lowest BCUT2D eigenvalue weighted by Crippen LogP contribution is -2.18. The van der Waals surface area contributed by atoms with Crippen molar-refractivity contribution in [1.82, 2.24) is 9.78 Å². The van der Waals surface area contributed by atoms with E-state index in [2.05, 4.69) is 5.10 Å². The lowest BCUT2D eigenvalue weighted by molar-refractivity contribution is -0.132. The van der Waals surface area contributed by atoms with E-state index in [0.29, 0.717) is 23.3 Å². The van der Waals surface area contributed by atoms with Crippen LogP contribution in [0.25, 0.3) is 0 Å². The number of ether oxygens (including phenoxy) is 2. The van der Waals surface area contributed by atoms with E-state index in [4.69, 9.17) is 21.1 Å². The molecule has 0 aliphatic rings. The van der Waals surface area contributed by atoms with Crippen LogP contribution in [0.1, 0.15) is 31.1 Å². The molecular formula is C16H19ClN2O3. The Morgan fingerprint density at radius 2 is 2.14 bits per heavy atom. The molecule has 118 valence electrons. The highest BCUT2D eigenvalue weighted by molar-refractivity contribution is 6.30. The fourth-order valence-corrected chi connectivity index (χ4v) is 2.19. The minimum atomic E-state index is -0.368. The molecule has 0 aliphatic heterocycles. The SMILES string of the molecule is CC(=O)Oc1c(C)c(C)nn1C(C)COc1cccc(Cl)c1. The number of benzene rings is 1. The zero-order chi connectivity index (χ0) is 16.3. The Bertz CT molecular complexity index is 682. The maximum absolute atomic E-state index is 11.3. The van der Waals surface area contributed by atoms with Crippen molar-refractivity contribution in [3.8, 4) is 11.6 Å². The van der Waals surface area contributed by atoms with E-state index in [1.54, 1.807) is 16.8 Å². The van der Waals surface area contributed by atoms with Gasteiger partial charge in [-0.25, -0.2) is 4.68 Å². The summed E-state index contributed by atoms with van der Waals surface area (Å²) in [4.78, 5) is 11.3. The van der Waals surface area contributed by atoms with Gasteiger partial charge in [0.25, 0.3) is 0 Å². The van der Waals surface area contributed by atoms with Gasteiger partial charge in [-0.15, -0.1) is 0 Å². The van der Waals surface area contributed by atoms with Crippen LogP contribution in [0.5, 0.6) is 11.6 Å². The molecule has 2 aromatic rings. The number of halogens is 1. The van der Waals surface area contributed by atoms with E-state index in [9.17, 15) is 4.79 Å². The summed E-state index contributed by atoms with van der Waals surface area (Å²) in [5.41, 5.74) is 1.68. The molecule has 0 saturated heterocycles. The third-order valence-electron chi connectivity index (χ3n) is 3.27. The van der Waals surface area contributed by atoms with Crippen LogP contribution in [0.3, 0.4) is 0 Å². The van der Waals surface area contributed by atoms with Crippen molar-refractivity contribution in [2.24, 2.45) is 0 Å². The highest BCUT2D eigenvalue weighted by Crippen LogP contribution is 2.26. The molecule has 0 bridgehead atoms. The van der Waals surface area contributed by atoms with E-state index < -0.39 is 0 Å². The zero-order valence-corrected chi connectivity index (χ0v) is 13.8. The van der Waals surface area contributed by atoms with Crippen molar-refractivity contribution in [1.29, 1.82) is 0 Å². The molecule has 0 spiro atoms. The first kappa shape index (κ1) is 16.4. The van der Waals surface area contributed by atoms with Crippen molar-refractivity contribution in [2.75, 3.05) is 6.61 Å². The smallest absolute Gasteiger partial charge is 0.309 e. The Balaban J connectivity index is 2.13. The van der Waals surface area contributed by atoms with Gasteiger partial charge in [0.2, 0.25) is 5.88 Å². The Morgan fingerprint density at radius 1 is 1.41 bits per heavy atom. The zero-order valence-electron chi connectivity index (χ0n) is 13.1. The number of esters is 1. The molecule has 5 nitrogen and oxygen atoms in total. The van der Waals surface area contributed by atoms with E-state index in [-0.39, 0.29) is 12.0 Å². The minimum Gasteiger partial charge on any atom is -0.491 e. The summed E-state index contributed by atoms with van der Waals surface area (Å²) in [6.45, 7) is 7.46. The molecule has 1 aromatic carbocycles. The van der Waals surface area contributed by atoms with Crippen LogP contribution >= 0.6 is 11.6 Å². The molecule has 22 heavy (non-hydrogen) atoms. The average Bonchev–Trinajstić information content (AvgIpc) is 2.73. The largest absolute Gasteiger partial charge is 0.491 e. The maximum atomic E-state index is 11.3. The molecule has 0 radical (unpaired) electrons. The Kier molecular flexibility index (Phi) is 5.08. The van der Waals surface area contributed by atoms with Gasteiger partial charge in [-0.1, -0.05) is 17.7 Å². The second-order valence-corrected chi connectivity index (χ2v) is 5.61. The van der Waals surface area contributed by atoms with E-state index in [0.717, 1.165) is 11.3 Å². The number of rotatable bonds is 5. The molecule has 1 heterocycles. The van der Waals surface area contributed by atoms with Crippen LogP contribution in [0.15, 0.2) is 24.3 Å². The van der Waals surface area contributed by atoms with Gasteiger partial charge < -0.3 is 9.47 Å². The average molecular weight is 323 g/mol. The van der Waals surface area contributed by atoms with Crippen LogP contribution in [0.2, 0.25) is 5.02 Å². The van der Waals surface area contributed by atoms with E-state index in [1.165, 1.54) is 6.92 Å². The molecule has 0 saturated carbocycles. The number of nitrogens with zero attached hydrogens (tertiary/aromatic N) is 2. The highest BCUT2D eigenvalue weighted by Gasteiger charge is 2.19. The first-order chi connectivity index (χ1) is 10.4. The summed E-state index contributed by atoms with van der Waals surface area (Å²) in [5.74, 6) is 0.786. The van der Waals surface area contributed by atoms with Gasteiger partial charge in [0.1, 0.15) is 12.4 Å². The van der Waals surface area contributed by atoms with Gasteiger partial charge in [0.15, 0.2) is 0 Å². The molecule has 6 heteroatoms. The van der Waals surface area contributed by atoms with Crippen LogP contribution in [-0.2, 0) is 4.79 Å². The van der Waals surface area contributed by atoms with E-state index in [1.807, 2.05) is 32.9 Å². The molecule has 1 aromatic heterocycles. The topological polar surface area (TPSA) is 53.3 Å². The Labute approximate surface area is 134 Å². The van der Waals surface area contributed by atoms with Crippen molar-refractivity contribution >= 4 is 17.6 Å². The molecule has 0 amide bonds. The molecule has 2 rings (SSSR count). The molecule has 0 aliphatic carbocycles. The Morgan fingerprint density at radius 3 is 2.77 bits per heavy atom. The van der Waals surface area contributed by atoms with Gasteiger partial charge >= 0.3 is 5.97 Å². The van der Waals surface area contributed by atoms with Gasteiger partial charge in [-0.3, -0.25) is 4.79 Å². The summed E-state index contributed by atoms with van der Waals surface area (Å²) in [7, 11) is 0. The maximum Gasteiger partial charge on any atom is 0.309 e. The van der Waals surface area contributed by atoms with Crippen molar-refractivity contribution in [2.45, 2.75) is 33.7 Å². The molecule has 1 atom stereocenters. The summed E-state index contributed by atoms with van der Waals surface area (Å²) in [6.07, 6.45) is 0. The summed E-state index contributed by atoms with van der Waals surface area (Å²) in [5, 5.41) is 5.05. The summed E-state index contributed by atoms with van der Waals surface area (Å²) >= 11 is 5.93. The molecule has 1 unspecified atom stereocenters. The molecular weight excluding hydrogens is 304 g/mol. The van der Waals surface area contributed by atoms with Crippen LogP contribution in [-0.4, -0.2) is 22.4 Å². The van der Waals surface area contributed by atoms with Gasteiger partial charge in [-0.05, 0) is 39.0 Å². The molecule has 0 N–H and O–H groups in total. The van der Waals surface area contributed by atoms with Crippen molar-refractivity contribution < 1.29 is 14.3 Å². The monoisotopic (exact) mass is 322 g/mol. The quantitative estimate of drug-likeness (QED) is 0.787. The number of hydrogen-bond donors (Lipinski definition) is 0. The van der Waals surface area contributed by atoms with E-state index >= 15 is 0 Å².